The van der Waals surface area contributed by atoms with Crippen LogP contribution in [0.5, 0.6) is 0 Å². The number of aryl methyl sites for hydroxylation is 1. The highest BCUT2D eigenvalue weighted by molar-refractivity contribution is 5.54. The number of rotatable bonds is 8. The van der Waals surface area contributed by atoms with Crippen LogP contribution in [0.25, 0.3) is 11.4 Å². The molecule has 37 heavy (non-hydrogen) atoms. The third kappa shape index (κ3) is 5.47. The molecule has 6 rings (SSSR count). The van der Waals surface area contributed by atoms with E-state index in [0.29, 0.717) is 18.3 Å². The number of aromatic nitrogens is 6. The molecule has 2 fully saturated rings. The summed E-state index contributed by atoms with van der Waals surface area (Å²) in [5.41, 5.74) is 3.39. The molecule has 1 atom stereocenters. The molecule has 3 heterocycles. The van der Waals surface area contributed by atoms with Crippen molar-refractivity contribution in [3.63, 3.8) is 0 Å². The van der Waals surface area contributed by atoms with Gasteiger partial charge in [-0.2, -0.15) is 4.98 Å². The monoisotopic (exact) mass is 498 g/mol. The first-order valence-corrected chi connectivity index (χ1v) is 13.4. The molecular weight excluding hydrogens is 464 g/mol. The van der Waals surface area contributed by atoms with E-state index in [-0.39, 0.29) is 6.04 Å². The van der Waals surface area contributed by atoms with Crippen molar-refractivity contribution in [3.8, 4) is 11.4 Å². The van der Waals surface area contributed by atoms with Gasteiger partial charge in [0.05, 0.1) is 12.6 Å². The van der Waals surface area contributed by atoms with Gasteiger partial charge in [-0.05, 0) is 53.8 Å². The van der Waals surface area contributed by atoms with Gasteiger partial charge in [0, 0.05) is 38.2 Å². The molecule has 4 aromatic rings. The molecule has 2 aromatic heterocycles. The Balaban J connectivity index is 1.26. The van der Waals surface area contributed by atoms with Crippen molar-refractivity contribution in [2.45, 2.75) is 57.7 Å². The van der Waals surface area contributed by atoms with Gasteiger partial charge in [0.25, 0.3) is 0 Å². The summed E-state index contributed by atoms with van der Waals surface area (Å²) < 4.78 is 7.13. The summed E-state index contributed by atoms with van der Waals surface area (Å²) in [6.45, 7) is 6.84. The van der Waals surface area contributed by atoms with Crippen molar-refractivity contribution < 1.29 is 4.52 Å². The first-order valence-electron chi connectivity index (χ1n) is 13.4. The summed E-state index contributed by atoms with van der Waals surface area (Å²) in [6, 6.07) is 19.8. The standard InChI is InChI=1S/C28H34N8O/c1-21-29-27(31-37-21)24-13-11-22(12-14-24)19-26(35-16-6-15-34(17-18-35)25-9-5-10-25)28-30-32-33-36(28)20-23-7-3-2-4-8-23/h2-4,7-8,11-14,25-26H,5-6,9-10,15-20H2,1H3. The topological polar surface area (TPSA) is 89.0 Å². The molecule has 0 radical (unpaired) electrons. The van der Waals surface area contributed by atoms with Crippen LogP contribution in [0.4, 0.5) is 0 Å². The molecule has 9 nitrogen and oxygen atoms in total. The second kappa shape index (κ2) is 10.9. The molecule has 9 heteroatoms. The molecule has 0 amide bonds. The molecule has 1 aliphatic carbocycles. The maximum absolute atomic E-state index is 5.16. The fraction of sp³-hybridized carbons (Fsp3) is 0.464. The zero-order chi connectivity index (χ0) is 25.0. The van der Waals surface area contributed by atoms with Crippen LogP contribution in [0.2, 0.25) is 0 Å². The van der Waals surface area contributed by atoms with Gasteiger partial charge in [0.1, 0.15) is 0 Å². The second-order valence-electron chi connectivity index (χ2n) is 10.2. The van der Waals surface area contributed by atoms with Crippen LogP contribution in [0.1, 0.15) is 54.6 Å². The zero-order valence-corrected chi connectivity index (χ0v) is 21.4. The smallest absolute Gasteiger partial charge is 0.223 e. The lowest BCUT2D eigenvalue weighted by Crippen LogP contribution is -2.42. The van der Waals surface area contributed by atoms with E-state index in [9.17, 15) is 0 Å². The van der Waals surface area contributed by atoms with E-state index < -0.39 is 0 Å². The highest BCUT2D eigenvalue weighted by atomic mass is 16.5. The Morgan fingerprint density at radius 1 is 0.919 bits per heavy atom. The van der Waals surface area contributed by atoms with Gasteiger partial charge in [0.2, 0.25) is 11.7 Å². The van der Waals surface area contributed by atoms with Gasteiger partial charge < -0.3 is 4.52 Å². The molecule has 1 saturated heterocycles. The molecule has 2 aromatic carbocycles. The Kier molecular flexibility index (Phi) is 7.05. The molecule has 1 aliphatic heterocycles. The zero-order valence-electron chi connectivity index (χ0n) is 21.4. The van der Waals surface area contributed by atoms with Crippen molar-refractivity contribution in [1.29, 1.82) is 0 Å². The predicted molar refractivity (Wildman–Crippen MR) is 140 cm³/mol. The van der Waals surface area contributed by atoms with Gasteiger partial charge in [-0.25, -0.2) is 4.68 Å². The molecule has 1 unspecified atom stereocenters. The highest BCUT2D eigenvalue weighted by Gasteiger charge is 2.31. The molecule has 0 spiro atoms. The van der Waals surface area contributed by atoms with Crippen molar-refractivity contribution in [2.75, 3.05) is 26.2 Å². The first kappa shape index (κ1) is 23.9. The lowest BCUT2D eigenvalue weighted by molar-refractivity contribution is 0.124. The van der Waals surface area contributed by atoms with Gasteiger partial charge >= 0.3 is 0 Å². The largest absolute Gasteiger partial charge is 0.339 e. The summed E-state index contributed by atoms with van der Waals surface area (Å²) >= 11 is 0. The van der Waals surface area contributed by atoms with Crippen LogP contribution in [-0.4, -0.2) is 72.4 Å². The quantitative estimate of drug-likeness (QED) is 0.361. The normalized spacial score (nSPS) is 18.4. The van der Waals surface area contributed by atoms with Gasteiger partial charge in [-0.15, -0.1) is 5.10 Å². The minimum Gasteiger partial charge on any atom is -0.339 e. The number of benzene rings is 2. The number of hydrogen-bond acceptors (Lipinski definition) is 8. The van der Waals surface area contributed by atoms with Gasteiger partial charge in [0.15, 0.2) is 5.82 Å². The van der Waals surface area contributed by atoms with Crippen molar-refractivity contribution in [2.24, 2.45) is 0 Å². The molecule has 2 aliphatic rings. The molecular formula is C28H34N8O. The molecule has 192 valence electrons. The van der Waals surface area contributed by atoms with E-state index in [1.165, 1.54) is 43.4 Å². The Morgan fingerprint density at radius 3 is 2.49 bits per heavy atom. The fourth-order valence-corrected chi connectivity index (χ4v) is 5.52. The SMILES string of the molecule is Cc1nc(-c2ccc(CC(c3nnnn3Cc3ccccc3)N3CCCN(C4CCC4)CC3)cc2)no1. The number of tetrazole rings is 1. The van der Waals surface area contributed by atoms with E-state index in [0.717, 1.165) is 43.5 Å². The first-order chi connectivity index (χ1) is 18.2. The summed E-state index contributed by atoms with van der Waals surface area (Å²) in [6.07, 6.45) is 6.09. The van der Waals surface area contributed by atoms with Crippen LogP contribution in [0.3, 0.4) is 0 Å². The lowest BCUT2D eigenvalue weighted by atomic mass is 9.91. The molecule has 0 bridgehead atoms. The van der Waals surface area contributed by atoms with E-state index in [1.807, 2.05) is 17.7 Å². The minimum atomic E-state index is 0.0957. The van der Waals surface area contributed by atoms with Crippen LogP contribution in [0.15, 0.2) is 59.1 Å². The number of hydrogen-bond donors (Lipinski definition) is 0. The maximum atomic E-state index is 5.16. The Labute approximate surface area is 217 Å². The third-order valence-corrected chi connectivity index (χ3v) is 7.80. The Morgan fingerprint density at radius 2 is 1.76 bits per heavy atom. The van der Waals surface area contributed by atoms with E-state index in [2.05, 4.69) is 84.0 Å². The summed E-state index contributed by atoms with van der Waals surface area (Å²) in [7, 11) is 0. The average molecular weight is 499 g/mol. The highest BCUT2D eigenvalue weighted by Crippen LogP contribution is 2.29. The van der Waals surface area contributed by atoms with Crippen LogP contribution < -0.4 is 0 Å². The Hall–Kier alpha value is -3.43. The van der Waals surface area contributed by atoms with Crippen molar-refractivity contribution in [3.05, 3.63) is 77.4 Å². The van der Waals surface area contributed by atoms with E-state index >= 15 is 0 Å². The summed E-state index contributed by atoms with van der Waals surface area (Å²) in [5.74, 6) is 2.12. The van der Waals surface area contributed by atoms with E-state index in [4.69, 9.17) is 4.52 Å². The number of nitrogens with zero attached hydrogens (tertiary/aromatic N) is 8. The van der Waals surface area contributed by atoms with Gasteiger partial charge in [-0.1, -0.05) is 66.2 Å². The molecule has 0 N–H and O–H groups in total. The van der Waals surface area contributed by atoms with E-state index in [1.54, 1.807) is 0 Å². The fourth-order valence-electron chi connectivity index (χ4n) is 5.52. The van der Waals surface area contributed by atoms with Crippen LogP contribution in [-0.2, 0) is 13.0 Å². The predicted octanol–water partition coefficient (Wildman–Crippen LogP) is 3.92. The third-order valence-electron chi connectivity index (χ3n) is 7.80. The maximum Gasteiger partial charge on any atom is 0.223 e. The summed E-state index contributed by atoms with van der Waals surface area (Å²) in [5, 5.41) is 17.2. The van der Waals surface area contributed by atoms with Crippen LogP contribution in [0, 0.1) is 6.92 Å². The second-order valence-corrected chi connectivity index (χ2v) is 10.2. The average Bonchev–Trinajstić information content (AvgIpc) is 3.46. The van der Waals surface area contributed by atoms with Crippen molar-refractivity contribution >= 4 is 0 Å². The van der Waals surface area contributed by atoms with Gasteiger partial charge in [-0.3, -0.25) is 9.80 Å². The van der Waals surface area contributed by atoms with Crippen molar-refractivity contribution in [1.82, 2.24) is 40.1 Å². The molecule has 1 saturated carbocycles. The lowest BCUT2D eigenvalue weighted by Gasteiger charge is -2.37. The Bertz CT molecular complexity index is 1280. The van der Waals surface area contributed by atoms with Crippen LogP contribution >= 0.6 is 0 Å². The summed E-state index contributed by atoms with van der Waals surface area (Å²) in [4.78, 5) is 9.66. The minimum absolute atomic E-state index is 0.0957.